The highest BCUT2D eigenvalue weighted by molar-refractivity contribution is 5.87. The number of likely N-dealkylation sites (tertiary alicyclic amines) is 1. The number of carbonyl (C=O) groups excluding carboxylic acids is 2. The molecule has 6 nitrogen and oxygen atoms in total. The molecule has 2 rings (SSSR count). The molecule has 1 fully saturated rings. The number of aliphatic hydroxyl groups is 1. The van der Waals surface area contributed by atoms with Crippen LogP contribution in [0.5, 0.6) is 0 Å². The first-order chi connectivity index (χ1) is 12.0. The minimum Gasteiger partial charge on any atom is -0.463 e. The summed E-state index contributed by atoms with van der Waals surface area (Å²) in [7, 11) is 0. The van der Waals surface area contributed by atoms with E-state index >= 15 is 0 Å². The van der Waals surface area contributed by atoms with Crippen LogP contribution in [0.25, 0.3) is 0 Å². The van der Waals surface area contributed by atoms with Gasteiger partial charge in [0.15, 0.2) is 0 Å². The van der Waals surface area contributed by atoms with Crippen molar-refractivity contribution in [2.75, 3.05) is 13.2 Å². The van der Waals surface area contributed by atoms with Crippen LogP contribution in [0, 0.1) is 0 Å². The third-order valence-corrected chi connectivity index (χ3v) is 4.20. The van der Waals surface area contributed by atoms with Crippen LogP contribution in [0.15, 0.2) is 42.5 Å². The summed E-state index contributed by atoms with van der Waals surface area (Å²) in [5.41, 5.74) is 1.11. The van der Waals surface area contributed by atoms with E-state index < -0.39 is 18.2 Å². The van der Waals surface area contributed by atoms with Gasteiger partial charge in [-0.05, 0) is 25.3 Å². The fourth-order valence-electron chi connectivity index (χ4n) is 2.93. The lowest BCUT2D eigenvalue weighted by Crippen LogP contribution is -2.43. The molecule has 1 aliphatic heterocycles. The Morgan fingerprint density at radius 2 is 2.04 bits per heavy atom. The van der Waals surface area contributed by atoms with Crippen molar-refractivity contribution in [2.24, 2.45) is 0 Å². The van der Waals surface area contributed by atoms with Crippen LogP contribution in [0.2, 0.25) is 0 Å². The van der Waals surface area contributed by atoms with Gasteiger partial charge in [0.05, 0.1) is 18.8 Å². The molecule has 0 spiro atoms. The number of hydrogen-bond acceptors (Lipinski definition) is 5. The first-order valence-corrected chi connectivity index (χ1v) is 8.53. The Balaban J connectivity index is 1.88. The van der Waals surface area contributed by atoms with E-state index in [-0.39, 0.29) is 31.2 Å². The molecule has 1 aromatic rings. The summed E-state index contributed by atoms with van der Waals surface area (Å²) in [4.78, 5) is 25.5. The molecule has 0 bridgehead atoms. The highest BCUT2D eigenvalue weighted by Crippen LogP contribution is 2.24. The number of aliphatic hydroxyl groups excluding tert-OH is 1. The summed E-state index contributed by atoms with van der Waals surface area (Å²) >= 11 is 0. The zero-order valence-electron chi connectivity index (χ0n) is 14.5. The molecule has 1 aliphatic rings. The Bertz CT molecular complexity index is 601. The molecule has 1 aromatic carbocycles. The van der Waals surface area contributed by atoms with Crippen molar-refractivity contribution in [3.8, 4) is 0 Å². The van der Waals surface area contributed by atoms with E-state index in [4.69, 9.17) is 9.47 Å². The molecular formula is C19H25NO5. The molecule has 1 saturated heterocycles. The Hall–Kier alpha value is -2.34. The normalized spacial score (nSPS) is 17.8. The molecule has 1 N–H and O–H groups in total. The van der Waals surface area contributed by atoms with Gasteiger partial charge < -0.3 is 19.5 Å². The van der Waals surface area contributed by atoms with Crippen LogP contribution in [-0.4, -0.2) is 47.4 Å². The predicted molar refractivity (Wildman–Crippen MR) is 92.8 cm³/mol. The fraction of sp³-hybridized carbons (Fsp3) is 0.474. The molecule has 25 heavy (non-hydrogen) atoms. The number of benzene rings is 1. The second-order valence-corrected chi connectivity index (χ2v) is 6.04. The van der Waals surface area contributed by atoms with E-state index in [1.54, 1.807) is 6.92 Å². The highest BCUT2D eigenvalue weighted by Gasteiger charge is 2.35. The van der Waals surface area contributed by atoms with Gasteiger partial charge in [-0.3, -0.25) is 0 Å². The van der Waals surface area contributed by atoms with Gasteiger partial charge in [-0.15, -0.1) is 0 Å². The number of rotatable bonds is 7. The number of ether oxygens (including phenoxy) is 2. The first kappa shape index (κ1) is 19.0. The zero-order chi connectivity index (χ0) is 18.2. The molecule has 6 heteroatoms. The van der Waals surface area contributed by atoms with Gasteiger partial charge in [0.25, 0.3) is 0 Å². The number of carbonyl (C=O) groups is 2. The van der Waals surface area contributed by atoms with Crippen molar-refractivity contribution in [1.82, 2.24) is 4.90 Å². The minimum absolute atomic E-state index is 0.0754. The molecule has 1 heterocycles. The largest absolute Gasteiger partial charge is 0.463 e. The van der Waals surface area contributed by atoms with Crippen molar-refractivity contribution in [1.29, 1.82) is 0 Å². The van der Waals surface area contributed by atoms with E-state index in [2.05, 4.69) is 6.58 Å². The second kappa shape index (κ2) is 9.22. The Labute approximate surface area is 148 Å². The molecular weight excluding hydrogens is 322 g/mol. The monoisotopic (exact) mass is 347 g/mol. The van der Waals surface area contributed by atoms with Gasteiger partial charge in [-0.1, -0.05) is 36.9 Å². The highest BCUT2D eigenvalue weighted by atomic mass is 16.6. The number of nitrogens with zero attached hydrogens (tertiary/aromatic N) is 1. The quantitative estimate of drug-likeness (QED) is 0.606. The lowest BCUT2D eigenvalue weighted by atomic mass is 10.0. The third kappa shape index (κ3) is 5.32. The molecule has 0 aliphatic carbocycles. The first-order valence-electron chi connectivity index (χ1n) is 8.53. The van der Waals surface area contributed by atoms with Crippen molar-refractivity contribution >= 4 is 12.1 Å². The van der Waals surface area contributed by atoms with E-state index in [0.717, 1.165) is 12.0 Å². The second-order valence-electron chi connectivity index (χ2n) is 6.04. The lowest BCUT2D eigenvalue weighted by Gasteiger charge is -2.28. The van der Waals surface area contributed by atoms with Crippen LogP contribution in [0.4, 0.5) is 4.79 Å². The Kier molecular flexibility index (Phi) is 7.01. The van der Waals surface area contributed by atoms with Crippen LogP contribution in [0.1, 0.15) is 31.7 Å². The van der Waals surface area contributed by atoms with Gasteiger partial charge in [0.1, 0.15) is 6.61 Å². The maximum Gasteiger partial charge on any atom is 0.410 e. The summed E-state index contributed by atoms with van der Waals surface area (Å²) < 4.78 is 10.2. The zero-order valence-corrected chi connectivity index (χ0v) is 14.5. The SMILES string of the molecule is C=C(C[C@H](O)[C@@H]1CCCN1C(=O)OCc1ccccc1)C(=O)OCC. The van der Waals surface area contributed by atoms with Crippen LogP contribution in [-0.2, 0) is 20.9 Å². The smallest absolute Gasteiger partial charge is 0.410 e. The maximum atomic E-state index is 12.3. The van der Waals surface area contributed by atoms with Crippen molar-refractivity contribution < 1.29 is 24.2 Å². The predicted octanol–water partition coefficient (Wildman–Crippen LogP) is 2.66. The van der Waals surface area contributed by atoms with E-state index in [1.807, 2.05) is 30.3 Å². The lowest BCUT2D eigenvalue weighted by molar-refractivity contribution is -0.139. The third-order valence-electron chi connectivity index (χ3n) is 4.20. The molecule has 0 saturated carbocycles. The number of esters is 1. The molecule has 2 atom stereocenters. The fourth-order valence-corrected chi connectivity index (χ4v) is 2.93. The Morgan fingerprint density at radius 3 is 2.72 bits per heavy atom. The maximum absolute atomic E-state index is 12.3. The summed E-state index contributed by atoms with van der Waals surface area (Å²) in [6.45, 7) is 6.35. The van der Waals surface area contributed by atoms with Crippen molar-refractivity contribution in [3.05, 3.63) is 48.0 Å². The van der Waals surface area contributed by atoms with Crippen LogP contribution >= 0.6 is 0 Å². The van der Waals surface area contributed by atoms with Crippen molar-refractivity contribution in [2.45, 2.75) is 44.9 Å². The van der Waals surface area contributed by atoms with Gasteiger partial charge in [0, 0.05) is 18.5 Å². The topological polar surface area (TPSA) is 76.1 Å². The summed E-state index contributed by atoms with van der Waals surface area (Å²) in [6.07, 6.45) is 0.202. The van der Waals surface area contributed by atoms with Crippen molar-refractivity contribution in [3.63, 3.8) is 0 Å². The van der Waals surface area contributed by atoms with Gasteiger partial charge in [-0.25, -0.2) is 9.59 Å². The summed E-state index contributed by atoms with van der Waals surface area (Å²) in [5, 5.41) is 10.4. The van der Waals surface area contributed by atoms with E-state index in [1.165, 1.54) is 4.90 Å². The number of amides is 1. The summed E-state index contributed by atoms with van der Waals surface area (Å²) in [5.74, 6) is -0.516. The van der Waals surface area contributed by atoms with Gasteiger partial charge in [-0.2, -0.15) is 0 Å². The van der Waals surface area contributed by atoms with Gasteiger partial charge in [0.2, 0.25) is 0 Å². The summed E-state index contributed by atoms with van der Waals surface area (Å²) in [6, 6.07) is 9.04. The average molecular weight is 347 g/mol. The molecule has 1 amide bonds. The molecule has 0 unspecified atom stereocenters. The van der Waals surface area contributed by atoms with Gasteiger partial charge >= 0.3 is 12.1 Å². The molecule has 0 aromatic heterocycles. The Morgan fingerprint density at radius 1 is 1.32 bits per heavy atom. The van der Waals surface area contributed by atoms with Crippen LogP contribution in [0.3, 0.4) is 0 Å². The van der Waals surface area contributed by atoms with E-state index in [0.29, 0.717) is 13.0 Å². The molecule has 136 valence electrons. The van der Waals surface area contributed by atoms with E-state index in [9.17, 15) is 14.7 Å². The average Bonchev–Trinajstić information content (AvgIpc) is 3.10. The minimum atomic E-state index is -0.872. The molecule has 0 radical (unpaired) electrons. The number of hydrogen-bond donors (Lipinski definition) is 1. The standard InChI is InChI=1S/C19H25NO5/c1-3-24-18(22)14(2)12-17(21)16-10-7-11-20(16)19(23)25-13-15-8-5-4-6-9-15/h4-6,8-9,16-17,21H,2-3,7,10-13H2,1H3/t16-,17-/m0/s1. The van der Waals surface area contributed by atoms with Crippen LogP contribution < -0.4 is 0 Å².